The van der Waals surface area contributed by atoms with E-state index in [4.69, 9.17) is 11.6 Å². The van der Waals surface area contributed by atoms with Crippen LogP contribution in [0.15, 0.2) is 36.8 Å². The molecule has 3 nitrogen and oxygen atoms in total. The number of halogens is 1. The predicted octanol–water partition coefficient (Wildman–Crippen LogP) is 2.52. The Morgan fingerprint density at radius 3 is 2.75 bits per heavy atom. The van der Waals surface area contributed by atoms with E-state index in [0.29, 0.717) is 10.7 Å². The summed E-state index contributed by atoms with van der Waals surface area (Å²) >= 11 is 5.86. The standard InChI is InChI=1S/C12H11ClN2O/c1-8-6-9(13)2-3-10(8)12(16)11-7-14-4-5-15-11/h2-7,12,16H,1H3. The lowest BCUT2D eigenvalue weighted by molar-refractivity contribution is 0.214. The number of nitrogens with zero attached hydrogens (tertiary/aromatic N) is 2. The van der Waals surface area contributed by atoms with Crippen molar-refractivity contribution in [2.75, 3.05) is 0 Å². The number of aryl methyl sites for hydroxylation is 1. The van der Waals surface area contributed by atoms with Crippen molar-refractivity contribution in [2.45, 2.75) is 13.0 Å². The van der Waals surface area contributed by atoms with Crippen LogP contribution in [0.5, 0.6) is 0 Å². The van der Waals surface area contributed by atoms with Gasteiger partial charge in [0.2, 0.25) is 0 Å². The first kappa shape index (κ1) is 11.0. The summed E-state index contributed by atoms with van der Waals surface area (Å²) in [5, 5.41) is 10.8. The minimum absolute atomic E-state index is 0.535. The van der Waals surface area contributed by atoms with Crippen LogP contribution in [0.4, 0.5) is 0 Å². The highest BCUT2D eigenvalue weighted by Crippen LogP contribution is 2.24. The summed E-state index contributed by atoms with van der Waals surface area (Å²) in [5.41, 5.74) is 2.27. The van der Waals surface area contributed by atoms with E-state index in [0.717, 1.165) is 11.1 Å². The SMILES string of the molecule is Cc1cc(Cl)ccc1C(O)c1cnccn1. The molecule has 2 rings (SSSR count). The van der Waals surface area contributed by atoms with Crippen LogP contribution in [0.25, 0.3) is 0 Å². The molecule has 4 heteroatoms. The van der Waals surface area contributed by atoms with Gasteiger partial charge in [0.1, 0.15) is 6.10 Å². The lowest BCUT2D eigenvalue weighted by Crippen LogP contribution is -2.04. The van der Waals surface area contributed by atoms with Gasteiger partial charge in [-0.2, -0.15) is 0 Å². The van der Waals surface area contributed by atoms with Crippen LogP contribution >= 0.6 is 11.6 Å². The molecule has 1 N–H and O–H groups in total. The molecule has 1 atom stereocenters. The molecule has 0 aliphatic heterocycles. The molecule has 82 valence electrons. The Bertz CT molecular complexity index is 488. The summed E-state index contributed by atoms with van der Waals surface area (Å²) in [7, 11) is 0. The summed E-state index contributed by atoms with van der Waals surface area (Å²) in [6, 6.07) is 5.37. The third kappa shape index (κ3) is 2.21. The minimum Gasteiger partial charge on any atom is -0.382 e. The van der Waals surface area contributed by atoms with Gasteiger partial charge in [0.25, 0.3) is 0 Å². The van der Waals surface area contributed by atoms with Crippen LogP contribution in [0.2, 0.25) is 5.02 Å². The molecule has 1 heterocycles. The largest absolute Gasteiger partial charge is 0.382 e. The van der Waals surface area contributed by atoms with E-state index in [1.165, 1.54) is 0 Å². The normalized spacial score (nSPS) is 12.4. The second-order valence-electron chi connectivity index (χ2n) is 3.53. The molecular weight excluding hydrogens is 224 g/mol. The zero-order valence-corrected chi connectivity index (χ0v) is 9.52. The average molecular weight is 235 g/mol. The van der Waals surface area contributed by atoms with Crippen LogP contribution in [-0.2, 0) is 0 Å². The van der Waals surface area contributed by atoms with Crippen molar-refractivity contribution < 1.29 is 5.11 Å². The van der Waals surface area contributed by atoms with Gasteiger partial charge in [-0.05, 0) is 30.2 Å². The minimum atomic E-state index is -0.758. The second-order valence-corrected chi connectivity index (χ2v) is 3.97. The third-order valence-electron chi connectivity index (χ3n) is 2.39. The number of hydrogen-bond acceptors (Lipinski definition) is 3. The summed E-state index contributed by atoms with van der Waals surface area (Å²) in [6.45, 7) is 1.90. The number of aromatic nitrogens is 2. The van der Waals surface area contributed by atoms with Crippen molar-refractivity contribution in [2.24, 2.45) is 0 Å². The number of rotatable bonds is 2. The van der Waals surface area contributed by atoms with Crippen molar-refractivity contribution in [3.05, 3.63) is 58.6 Å². The van der Waals surface area contributed by atoms with Gasteiger partial charge in [0, 0.05) is 17.4 Å². The molecule has 0 saturated carbocycles. The molecular formula is C12H11ClN2O. The van der Waals surface area contributed by atoms with E-state index in [1.807, 2.05) is 13.0 Å². The average Bonchev–Trinajstić information content (AvgIpc) is 2.29. The van der Waals surface area contributed by atoms with Crippen LogP contribution in [0.1, 0.15) is 22.9 Å². The molecule has 0 spiro atoms. The van der Waals surface area contributed by atoms with Crippen LogP contribution in [0.3, 0.4) is 0 Å². The number of hydrogen-bond donors (Lipinski definition) is 1. The smallest absolute Gasteiger partial charge is 0.123 e. The molecule has 0 radical (unpaired) electrons. The number of aliphatic hydroxyl groups excluding tert-OH is 1. The van der Waals surface area contributed by atoms with E-state index in [-0.39, 0.29) is 0 Å². The van der Waals surface area contributed by atoms with Crippen LogP contribution in [0, 0.1) is 6.92 Å². The van der Waals surface area contributed by atoms with E-state index in [2.05, 4.69) is 9.97 Å². The summed E-state index contributed by atoms with van der Waals surface area (Å²) in [5.74, 6) is 0. The van der Waals surface area contributed by atoms with Gasteiger partial charge < -0.3 is 5.11 Å². The lowest BCUT2D eigenvalue weighted by atomic mass is 10.0. The zero-order valence-electron chi connectivity index (χ0n) is 8.76. The maximum Gasteiger partial charge on any atom is 0.123 e. The van der Waals surface area contributed by atoms with E-state index >= 15 is 0 Å². The monoisotopic (exact) mass is 234 g/mol. The molecule has 1 aromatic heterocycles. The van der Waals surface area contributed by atoms with Crippen molar-refractivity contribution in [3.8, 4) is 0 Å². The third-order valence-corrected chi connectivity index (χ3v) is 2.62. The topological polar surface area (TPSA) is 46.0 Å². The molecule has 16 heavy (non-hydrogen) atoms. The molecule has 0 amide bonds. The molecule has 0 fully saturated rings. The lowest BCUT2D eigenvalue weighted by Gasteiger charge is -2.12. The van der Waals surface area contributed by atoms with Gasteiger partial charge >= 0.3 is 0 Å². The van der Waals surface area contributed by atoms with Gasteiger partial charge in [0.05, 0.1) is 11.9 Å². The first-order chi connectivity index (χ1) is 7.68. The van der Waals surface area contributed by atoms with Crippen molar-refractivity contribution in [1.29, 1.82) is 0 Å². The Hall–Kier alpha value is -1.45. The quantitative estimate of drug-likeness (QED) is 0.869. The van der Waals surface area contributed by atoms with E-state index in [1.54, 1.807) is 30.7 Å². The Morgan fingerprint density at radius 2 is 2.12 bits per heavy atom. The van der Waals surface area contributed by atoms with Gasteiger partial charge in [0.15, 0.2) is 0 Å². The van der Waals surface area contributed by atoms with Gasteiger partial charge in [-0.25, -0.2) is 0 Å². The maximum absolute atomic E-state index is 10.1. The highest BCUT2D eigenvalue weighted by atomic mass is 35.5. The van der Waals surface area contributed by atoms with Crippen molar-refractivity contribution >= 4 is 11.6 Å². The Labute approximate surface area is 98.8 Å². The van der Waals surface area contributed by atoms with Gasteiger partial charge in [-0.1, -0.05) is 17.7 Å². The molecule has 0 aliphatic carbocycles. The second kappa shape index (κ2) is 4.60. The molecule has 1 unspecified atom stereocenters. The highest BCUT2D eigenvalue weighted by molar-refractivity contribution is 6.30. The van der Waals surface area contributed by atoms with E-state index < -0.39 is 6.10 Å². The summed E-state index contributed by atoms with van der Waals surface area (Å²) < 4.78 is 0. The van der Waals surface area contributed by atoms with Gasteiger partial charge in [-0.3, -0.25) is 9.97 Å². The Balaban J connectivity index is 2.38. The highest BCUT2D eigenvalue weighted by Gasteiger charge is 2.14. The molecule has 0 aliphatic rings. The molecule has 0 saturated heterocycles. The van der Waals surface area contributed by atoms with Crippen LogP contribution in [-0.4, -0.2) is 15.1 Å². The first-order valence-corrected chi connectivity index (χ1v) is 5.26. The van der Waals surface area contributed by atoms with Crippen LogP contribution < -0.4 is 0 Å². The Morgan fingerprint density at radius 1 is 1.31 bits per heavy atom. The van der Waals surface area contributed by atoms with Crippen molar-refractivity contribution in [1.82, 2.24) is 9.97 Å². The molecule has 0 bridgehead atoms. The fraction of sp³-hybridized carbons (Fsp3) is 0.167. The Kier molecular flexibility index (Phi) is 3.17. The first-order valence-electron chi connectivity index (χ1n) is 4.88. The predicted molar refractivity (Wildman–Crippen MR) is 62.3 cm³/mol. The summed E-state index contributed by atoms with van der Waals surface area (Å²) in [4.78, 5) is 8.00. The fourth-order valence-corrected chi connectivity index (χ4v) is 1.78. The summed E-state index contributed by atoms with van der Waals surface area (Å²) in [6.07, 6.45) is 3.93. The van der Waals surface area contributed by atoms with E-state index in [9.17, 15) is 5.11 Å². The van der Waals surface area contributed by atoms with Gasteiger partial charge in [-0.15, -0.1) is 0 Å². The number of benzene rings is 1. The molecule has 2 aromatic rings. The number of aliphatic hydroxyl groups is 1. The molecule has 1 aromatic carbocycles. The fourth-order valence-electron chi connectivity index (χ4n) is 1.56. The van der Waals surface area contributed by atoms with Crippen molar-refractivity contribution in [3.63, 3.8) is 0 Å². The maximum atomic E-state index is 10.1. The zero-order chi connectivity index (χ0) is 11.5.